The van der Waals surface area contributed by atoms with Crippen molar-refractivity contribution in [2.24, 2.45) is 0 Å². The number of carbonyl (C=O) groups is 2. The molecule has 0 aromatic heterocycles. The van der Waals surface area contributed by atoms with Crippen molar-refractivity contribution in [2.75, 3.05) is 0 Å². The van der Waals surface area contributed by atoms with Gasteiger partial charge in [0.25, 0.3) is 5.91 Å². The van der Waals surface area contributed by atoms with Gasteiger partial charge in [0, 0.05) is 10.9 Å². The van der Waals surface area contributed by atoms with E-state index in [4.69, 9.17) is 5.11 Å². The molecule has 2 aromatic carbocycles. The summed E-state index contributed by atoms with van der Waals surface area (Å²) in [4.78, 5) is 24.3. The lowest BCUT2D eigenvalue weighted by Gasteiger charge is -2.16. The second-order valence-corrected chi connectivity index (χ2v) is 7.38. The van der Waals surface area contributed by atoms with E-state index in [9.17, 15) is 9.59 Å². The van der Waals surface area contributed by atoms with Gasteiger partial charge < -0.3 is 10.4 Å². The van der Waals surface area contributed by atoms with Gasteiger partial charge in [-0.25, -0.2) is 0 Å². The second kappa shape index (κ2) is 9.28. The molecular formula is C20H23NO3S. The molecule has 2 N–H and O–H groups in total. The third kappa shape index (κ3) is 5.94. The number of carbonyl (C=O) groups excluding carboxylic acids is 1. The van der Waals surface area contributed by atoms with Crippen molar-refractivity contribution in [1.82, 2.24) is 5.32 Å². The number of nitrogens with one attached hydrogen (secondary N) is 1. The first-order valence-electron chi connectivity index (χ1n) is 8.30. The number of thioether (sulfide) groups is 1. The van der Waals surface area contributed by atoms with E-state index >= 15 is 0 Å². The number of benzene rings is 2. The van der Waals surface area contributed by atoms with Crippen LogP contribution in [-0.2, 0) is 11.2 Å². The fourth-order valence-electron chi connectivity index (χ4n) is 2.40. The molecule has 4 nitrogen and oxygen atoms in total. The molecule has 2 aromatic rings. The van der Waals surface area contributed by atoms with Gasteiger partial charge in [0.1, 0.15) is 5.25 Å². The molecule has 0 bridgehead atoms. The Kier molecular flexibility index (Phi) is 7.07. The highest BCUT2D eigenvalue weighted by Gasteiger charge is 2.18. The highest BCUT2D eigenvalue weighted by molar-refractivity contribution is 8.00. The van der Waals surface area contributed by atoms with Crippen LogP contribution in [0.1, 0.15) is 36.2 Å². The molecule has 0 aliphatic rings. The summed E-state index contributed by atoms with van der Waals surface area (Å²) in [5.74, 6) is -1.06. The topological polar surface area (TPSA) is 66.4 Å². The molecule has 0 radical (unpaired) electrons. The number of rotatable bonds is 8. The first-order chi connectivity index (χ1) is 12.0. The van der Waals surface area contributed by atoms with Gasteiger partial charge in [0.15, 0.2) is 0 Å². The summed E-state index contributed by atoms with van der Waals surface area (Å²) in [5, 5.41) is 11.5. The van der Waals surface area contributed by atoms with E-state index in [1.165, 1.54) is 17.3 Å². The molecule has 0 spiro atoms. The van der Waals surface area contributed by atoms with Gasteiger partial charge in [0.2, 0.25) is 0 Å². The van der Waals surface area contributed by atoms with E-state index in [0.717, 1.165) is 12.8 Å². The summed E-state index contributed by atoms with van der Waals surface area (Å²) in [6, 6.07) is 17.3. The zero-order valence-electron chi connectivity index (χ0n) is 14.4. The molecule has 0 aliphatic carbocycles. The zero-order chi connectivity index (χ0) is 18.2. The Morgan fingerprint density at radius 1 is 1.04 bits per heavy atom. The van der Waals surface area contributed by atoms with Crippen molar-refractivity contribution in [1.29, 1.82) is 0 Å². The largest absolute Gasteiger partial charge is 0.480 e. The van der Waals surface area contributed by atoms with E-state index in [1.54, 1.807) is 25.1 Å². The molecule has 25 heavy (non-hydrogen) atoms. The molecule has 2 rings (SSSR count). The molecule has 0 saturated carbocycles. The molecule has 5 heteroatoms. The summed E-state index contributed by atoms with van der Waals surface area (Å²) in [7, 11) is 0. The van der Waals surface area contributed by atoms with Crippen LogP contribution >= 0.6 is 11.8 Å². The Morgan fingerprint density at radius 2 is 1.68 bits per heavy atom. The van der Waals surface area contributed by atoms with Gasteiger partial charge in [-0.15, -0.1) is 11.8 Å². The van der Waals surface area contributed by atoms with Crippen LogP contribution in [0, 0.1) is 0 Å². The van der Waals surface area contributed by atoms with Gasteiger partial charge in [-0.1, -0.05) is 42.5 Å². The highest BCUT2D eigenvalue weighted by Crippen LogP contribution is 2.27. The van der Waals surface area contributed by atoms with E-state index in [1.807, 2.05) is 31.2 Å². The summed E-state index contributed by atoms with van der Waals surface area (Å²) in [5.41, 5.74) is 1.77. The lowest BCUT2D eigenvalue weighted by Crippen LogP contribution is -2.33. The van der Waals surface area contributed by atoms with Gasteiger partial charge in [-0.05, 0) is 44.4 Å². The van der Waals surface area contributed by atoms with Gasteiger partial charge >= 0.3 is 5.97 Å². The first-order valence-corrected chi connectivity index (χ1v) is 9.18. The zero-order valence-corrected chi connectivity index (χ0v) is 15.3. The Morgan fingerprint density at radius 3 is 2.36 bits per heavy atom. The van der Waals surface area contributed by atoms with E-state index in [2.05, 4.69) is 17.4 Å². The van der Waals surface area contributed by atoms with Crippen LogP contribution in [0.4, 0.5) is 0 Å². The minimum absolute atomic E-state index is 0.0302. The number of hydrogen-bond acceptors (Lipinski definition) is 3. The Labute approximate surface area is 152 Å². The predicted octanol–water partition coefficient (Wildman–Crippen LogP) is 4.00. The van der Waals surface area contributed by atoms with E-state index in [-0.39, 0.29) is 11.9 Å². The average molecular weight is 357 g/mol. The monoisotopic (exact) mass is 357 g/mol. The van der Waals surface area contributed by atoms with Crippen LogP contribution in [0.5, 0.6) is 0 Å². The maximum Gasteiger partial charge on any atom is 0.316 e. The summed E-state index contributed by atoms with van der Waals surface area (Å²) >= 11 is 1.18. The number of aliphatic carboxylic acids is 1. The van der Waals surface area contributed by atoms with Crippen molar-refractivity contribution < 1.29 is 14.7 Å². The van der Waals surface area contributed by atoms with Crippen LogP contribution in [0.15, 0.2) is 59.5 Å². The van der Waals surface area contributed by atoms with Gasteiger partial charge in [-0.3, -0.25) is 9.59 Å². The van der Waals surface area contributed by atoms with Gasteiger partial charge in [0.05, 0.1) is 5.56 Å². The van der Waals surface area contributed by atoms with E-state index < -0.39 is 11.2 Å². The molecule has 0 fully saturated rings. The molecular weight excluding hydrogens is 334 g/mol. The second-order valence-electron chi connectivity index (χ2n) is 5.99. The lowest BCUT2D eigenvalue weighted by molar-refractivity contribution is -0.136. The van der Waals surface area contributed by atoms with Crippen LogP contribution in [-0.4, -0.2) is 28.3 Å². The Hall–Kier alpha value is -2.27. The lowest BCUT2D eigenvalue weighted by atomic mass is 10.1. The maximum atomic E-state index is 12.6. The number of amides is 1. The van der Waals surface area contributed by atoms with Crippen molar-refractivity contribution in [2.45, 2.75) is 42.9 Å². The number of hydrogen-bond donors (Lipinski definition) is 2. The third-order valence-corrected chi connectivity index (χ3v) is 5.03. The molecule has 2 unspecified atom stereocenters. The van der Waals surface area contributed by atoms with Crippen molar-refractivity contribution in [3.8, 4) is 0 Å². The maximum absolute atomic E-state index is 12.6. The minimum atomic E-state index is -0.892. The minimum Gasteiger partial charge on any atom is -0.480 e. The summed E-state index contributed by atoms with van der Waals surface area (Å²) in [6.07, 6.45) is 1.74. The SMILES string of the molecule is CC(CCc1ccccc1)NC(=O)c1ccccc1SC(C)C(=O)O. The van der Waals surface area contributed by atoms with Crippen LogP contribution < -0.4 is 5.32 Å². The first kappa shape index (κ1) is 19.1. The van der Waals surface area contributed by atoms with Crippen LogP contribution in [0.3, 0.4) is 0 Å². The average Bonchev–Trinajstić information content (AvgIpc) is 2.61. The van der Waals surface area contributed by atoms with E-state index in [0.29, 0.717) is 10.5 Å². The Balaban J connectivity index is 1.97. The third-order valence-electron chi connectivity index (χ3n) is 3.87. The molecule has 1 amide bonds. The number of carboxylic acid groups (broad SMARTS) is 1. The van der Waals surface area contributed by atoms with Crippen molar-refractivity contribution >= 4 is 23.6 Å². The molecule has 0 heterocycles. The molecule has 2 atom stereocenters. The molecule has 0 saturated heterocycles. The van der Waals surface area contributed by atoms with Crippen molar-refractivity contribution in [3.05, 3.63) is 65.7 Å². The summed E-state index contributed by atoms with van der Waals surface area (Å²) in [6.45, 7) is 3.60. The van der Waals surface area contributed by atoms with Crippen LogP contribution in [0.2, 0.25) is 0 Å². The molecule has 0 aliphatic heterocycles. The number of carboxylic acids is 1. The van der Waals surface area contributed by atoms with Crippen LogP contribution in [0.25, 0.3) is 0 Å². The predicted molar refractivity (Wildman–Crippen MR) is 101 cm³/mol. The standard InChI is InChI=1S/C20H23NO3S/c1-14(12-13-16-8-4-3-5-9-16)21-19(22)17-10-6-7-11-18(17)25-15(2)20(23)24/h3-11,14-15H,12-13H2,1-2H3,(H,21,22)(H,23,24). The molecule has 132 valence electrons. The number of aryl methyl sites for hydroxylation is 1. The normalized spacial score (nSPS) is 13.0. The Bertz CT molecular complexity index is 718. The quantitative estimate of drug-likeness (QED) is 0.701. The fourth-order valence-corrected chi connectivity index (χ4v) is 3.33. The summed E-state index contributed by atoms with van der Waals surface area (Å²) < 4.78 is 0. The highest BCUT2D eigenvalue weighted by atomic mass is 32.2. The fraction of sp³-hybridized carbons (Fsp3) is 0.300. The smallest absolute Gasteiger partial charge is 0.316 e. The van der Waals surface area contributed by atoms with Crippen molar-refractivity contribution in [3.63, 3.8) is 0 Å². The van der Waals surface area contributed by atoms with Gasteiger partial charge in [-0.2, -0.15) is 0 Å².